The van der Waals surface area contributed by atoms with Gasteiger partial charge in [0.2, 0.25) is 0 Å². The fraction of sp³-hybridized carbons (Fsp3) is 0.308. The first kappa shape index (κ1) is 12.0. The fourth-order valence-electron chi connectivity index (χ4n) is 1.83. The number of aromatic nitrogens is 2. The van der Waals surface area contributed by atoms with Crippen LogP contribution in [0.4, 0.5) is 5.69 Å². The molecule has 0 radical (unpaired) electrons. The van der Waals surface area contributed by atoms with Crippen LogP contribution in [0.5, 0.6) is 0 Å². The number of hydrogen-bond donors (Lipinski definition) is 1. The lowest BCUT2D eigenvalue weighted by molar-refractivity contribution is 0.638. The van der Waals surface area contributed by atoms with Crippen LogP contribution in [-0.4, -0.2) is 9.78 Å². The van der Waals surface area contributed by atoms with Gasteiger partial charge in [-0.2, -0.15) is 5.10 Å². The second-order valence-corrected chi connectivity index (χ2v) is 4.52. The summed E-state index contributed by atoms with van der Waals surface area (Å²) in [5, 5.41) is 5.06. The molecular formula is C13H16ClN3. The second-order valence-electron chi connectivity index (χ2n) is 4.08. The van der Waals surface area contributed by atoms with Crippen LogP contribution in [0.1, 0.15) is 24.6 Å². The molecule has 2 aromatic rings. The standard InChI is InChI=1S/C13H16ClN3/c1-2-3-13-12(15)8-16-17(13)9-10-4-6-11(14)7-5-10/h4-8H,2-3,9,15H2,1H3. The Morgan fingerprint density at radius 2 is 2.00 bits per heavy atom. The highest BCUT2D eigenvalue weighted by atomic mass is 35.5. The zero-order chi connectivity index (χ0) is 12.3. The van der Waals surface area contributed by atoms with E-state index in [-0.39, 0.29) is 0 Å². The first-order valence-electron chi connectivity index (χ1n) is 5.75. The zero-order valence-electron chi connectivity index (χ0n) is 9.86. The van der Waals surface area contributed by atoms with Gasteiger partial charge in [-0.3, -0.25) is 4.68 Å². The molecule has 2 rings (SSSR count). The molecule has 1 heterocycles. The van der Waals surface area contributed by atoms with E-state index in [1.54, 1.807) is 6.20 Å². The maximum atomic E-state index is 5.90. The SMILES string of the molecule is CCCc1c(N)cnn1Cc1ccc(Cl)cc1. The van der Waals surface area contributed by atoms with Gasteiger partial charge in [0.1, 0.15) is 0 Å². The van der Waals surface area contributed by atoms with Gasteiger partial charge >= 0.3 is 0 Å². The van der Waals surface area contributed by atoms with Crippen molar-refractivity contribution < 1.29 is 0 Å². The lowest BCUT2D eigenvalue weighted by atomic mass is 10.2. The van der Waals surface area contributed by atoms with Gasteiger partial charge in [-0.15, -0.1) is 0 Å². The highest BCUT2D eigenvalue weighted by molar-refractivity contribution is 6.30. The van der Waals surface area contributed by atoms with Gasteiger partial charge in [-0.05, 0) is 24.1 Å². The van der Waals surface area contributed by atoms with Crippen molar-refractivity contribution in [3.8, 4) is 0 Å². The smallest absolute Gasteiger partial charge is 0.0733 e. The largest absolute Gasteiger partial charge is 0.396 e. The van der Waals surface area contributed by atoms with Crippen molar-refractivity contribution in [3.63, 3.8) is 0 Å². The predicted octanol–water partition coefficient (Wildman–Crippen LogP) is 3.12. The van der Waals surface area contributed by atoms with Crippen molar-refractivity contribution in [3.05, 3.63) is 46.7 Å². The van der Waals surface area contributed by atoms with Gasteiger partial charge < -0.3 is 5.73 Å². The molecule has 0 fully saturated rings. The molecule has 0 spiro atoms. The van der Waals surface area contributed by atoms with Crippen LogP contribution in [0.3, 0.4) is 0 Å². The van der Waals surface area contributed by atoms with Crippen LogP contribution in [0, 0.1) is 0 Å². The van der Waals surface area contributed by atoms with Gasteiger partial charge in [0.25, 0.3) is 0 Å². The Labute approximate surface area is 106 Å². The molecule has 1 aromatic carbocycles. The van der Waals surface area contributed by atoms with Crippen molar-refractivity contribution in [2.24, 2.45) is 0 Å². The lowest BCUT2D eigenvalue weighted by Gasteiger charge is -2.07. The number of nitrogens with zero attached hydrogens (tertiary/aromatic N) is 2. The van der Waals surface area contributed by atoms with E-state index in [0.29, 0.717) is 0 Å². The monoisotopic (exact) mass is 249 g/mol. The molecule has 0 aliphatic rings. The molecule has 0 atom stereocenters. The Hall–Kier alpha value is -1.48. The third-order valence-corrected chi connectivity index (χ3v) is 2.97. The van der Waals surface area contributed by atoms with E-state index in [9.17, 15) is 0 Å². The summed E-state index contributed by atoms with van der Waals surface area (Å²) in [6, 6.07) is 7.80. The minimum Gasteiger partial charge on any atom is -0.396 e. The number of anilines is 1. The van der Waals surface area contributed by atoms with Gasteiger partial charge in [-0.25, -0.2) is 0 Å². The first-order valence-corrected chi connectivity index (χ1v) is 6.13. The van der Waals surface area contributed by atoms with Crippen LogP contribution in [-0.2, 0) is 13.0 Å². The summed E-state index contributed by atoms with van der Waals surface area (Å²) in [6.07, 6.45) is 3.75. The van der Waals surface area contributed by atoms with Crippen molar-refractivity contribution in [1.82, 2.24) is 9.78 Å². The maximum Gasteiger partial charge on any atom is 0.0733 e. The van der Waals surface area contributed by atoms with Crippen molar-refractivity contribution in [1.29, 1.82) is 0 Å². The predicted molar refractivity (Wildman–Crippen MR) is 71.2 cm³/mol. The minimum absolute atomic E-state index is 0.740. The number of hydrogen-bond acceptors (Lipinski definition) is 2. The quantitative estimate of drug-likeness (QED) is 0.905. The van der Waals surface area contributed by atoms with Crippen LogP contribution >= 0.6 is 11.6 Å². The number of rotatable bonds is 4. The molecule has 0 saturated carbocycles. The highest BCUT2D eigenvalue weighted by Gasteiger charge is 2.07. The molecule has 90 valence electrons. The van der Waals surface area contributed by atoms with Crippen LogP contribution in [0.25, 0.3) is 0 Å². The molecule has 0 amide bonds. The first-order chi connectivity index (χ1) is 8.20. The Morgan fingerprint density at radius 3 is 2.65 bits per heavy atom. The third kappa shape index (κ3) is 2.80. The molecule has 0 bridgehead atoms. The van der Waals surface area contributed by atoms with Gasteiger partial charge in [0.15, 0.2) is 0 Å². The molecule has 2 N–H and O–H groups in total. The van der Waals surface area contributed by atoms with E-state index in [1.807, 2.05) is 28.9 Å². The van der Waals surface area contributed by atoms with Crippen molar-refractivity contribution in [2.75, 3.05) is 5.73 Å². The van der Waals surface area contributed by atoms with Crippen LogP contribution in [0.2, 0.25) is 5.02 Å². The third-order valence-electron chi connectivity index (χ3n) is 2.71. The molecule has 0 saturated heterocycles. The zero-order valence-corrected chi connectivity index (χ0v) is 10.6. The summed E-state index contributed by atoms with van der Waals surface area (Å²) in [6.45, 7) is 2.88. The van der Waals surface area contributed by atoms with Gasteiger partial charge in [-0.1, -0.05) is 37.1 Å². The Morgan fingerprint density at radius 1 is 1.29 bits per heavy atom. The summed E-state index contributed by atoms with van der Waals surface area (Å²) < 4.78 is 1.96. The summed E-state index contributed by atoms with van der Waals surface area (Å²) in [5.74, 6) is 0. The molecule has 4 heteroatoms. The average Bonchev–Trinajstić information content (AvgIpc) is 2.65. The number of nitrogens with two attached hydrogens (primary N) is 1. The summed E-state index contributed by atoms with van der Waals surface area (Å²) in [4.78, 5) is 0. The molecular weight excluding hydrogens is 234 g/mol. The summed E-state index contributed by atoms with van der Waals surface area (Å²) in [7, 11) is 0. The summed E-state index contributed by atoms with van der Waals surface area (Å²) >= 11 is 5.86. The van der Waals surface area contributed by atoms with Crippen molar-refractivity contribution in [2.45, 2.75) is 26.3 Å². The Balaban J connectivity index is 2.20. The second kappa shape index (κ2) is 5.23. The van der Waals surface area contributed by atoms with E-state index in [1.165, 1.54) is 5.56 Å². The number of benzene rings is 1. The molecule has 17 heavy (non-hydrogen) atoms. The molecule has 0 aliphatic carbocycles. The number of nitrogen functional groups attached to an aromatic ring is 1. The molecule has 3 nitrogen and oxygen atoms in total. The van der Waals surface area contributed by atoms with E-state index < -0.39 is 0 Å². The van der Waals surface area contributed by atoms with Crippen LogP contribution < -0.4 is 5.73 Å². The molecule has 0 aliphatic heterocycles. The highest BCUT2D eigenvalue weighted by Crippen LogP contribution is 2.16. The van der Waals surface area contributed by atoms with Gasteiger partial charge in [0, 0.05) is 5.02 Å². The van der Waals surface area contributed by atoms with E-state index >= 15 is 0 Å². The minimum atomic E-state index is 0.740. The lowest BCUT2D eigenvalue weighted by Crippen LogP contribution is -2.07. The summed E-state index contributed by atoms with van der Waals surface area (Å²) in [5.41, 5.74) is 8.97. The molecule has 1 aromatic heterocycles. The van der Waals surface area contributed by atoms with E-state index in [2.05, 4.69) is 12.0 Å². The number of halogens is 1. The molecule has 0 unspecified atom stereocenters. The van der Waals surface area contributed by atoms with Crippen LogP contribution in [0.15, 0.2) is 30.5 Å². The van der Waals surface area contributed by atoms with E-state index in [4.69, 9.17) is 17.3 Å². The maximum absolute atomic E-state index is 5.90. The Bertz CT molecular complexity index is 488. The van der Waals surface area contributed by atoms with Gasteiger partial charge in [0.05, 0.1) is 24.1 Å². The van der Waals surface area contributed by atoms with Crippen molar-refractivity contribution >= 4 is 17.3 Å². The fourth-order valence-corrected chi connectivity index (χ4v) is 1.96. The normalized spacial score (nSPS) is 10.7. The topological polar surface area (TPSA) is 43.8 Å². The average molecular weight is 250 g/mol. The van der Waals surface area contributed by atoms with E-state index in [0.717, 1.165) is 35.8 Å². The Kier molecular flexibility index (Phi) is 3.69.